The summed E-state index contributed by atoms with van der Waals surface area (Å²) in [5, 5.41) is 0. The third-order valence-electron chi connectivity index (χ3n) is 4.33. The molecule has 0 aliphatic heterocycles. The Labute approximate surface area is 180 Å². The largest absolute Gasteiger partial charge is 0.297 e. The van der Waals surface area contributed by atoms with Crippen LogP contribution in [0, 0.1) is 11.6 Å². The van der Waals surface area contributed by atoms with E-state index in [2.05, 4.69) is 0 Å². The first kappa shape index (κ1) is 23.3. The molecule has 0 aromatic heterocycles. The van der Waals surface area contributed by atoms with E-state index >= 15 is 0 Å². The van der Waals surface area contributed by atoms with Gasteiger partial charge >= 0.3 is 0 Å². The Morgan fingerprint density at radius 1 is 0.594 bits per heavy atom. The molecule has 2 N–H and O–H groups in total. The Bertz CT molecular complexity index is 1370. The molecular weight excluding hydrogens is 470 g/mol. The van der Waals surface area contributed by atoms with Gasteiger partial charge in [0.15, 0.2) is 11.6 Å². The lowest BCUT2D eigenvalue weighted by molar-refractivity contribution is 0.103. The average molecular weight is 482 g/mol. The Kier molecular flexibility index (Phi) is 6.07. The van der Waals surface area contributed by atoms with Crippen LogP contribution in [-0.2, 0) is 20.2 Å². The van der Waals surface area contributed by atoms with E-state index in [0.717, 1.165) is 18.2 Å². The number of hydrogen-bond donors (Lipinski definition) is 2. The average Bonchev–Trinajstić information content (AvgIpc) is 2.72. The zero-order chi connectivity index (χ0) is 23.8. The molecule has 0 fully saturated rings. The summed E-state index contributed by atoms with van der Waals surface area (Å²) < 4.78 is 90.5. The quantitative estimate of drug-likeness (QED) is 0.403. The number of benzene rings is 3. The van der Waals surface area contributed by atoms with Gasteiger partial charge in [-0.3, -0.25) is 18.7 Å². The summed E-state index contributed by atoms with van der Waals surface area (Å²) in [5.74, 6) is -4.14. The van der Waals surface area contributed by atoms with Crippen LogP contribution in [0.2, 0.25) is 0 Å². The van der Waals surface area contributed by atoms with Crippen LogP contribution in [0.1, 0.15) is 31.8 Å². The van der Waals surface area contributed by atoms with Gasteiger partial charge in [0.05, 0.1) is 0 Å². The van der Waals surface area contributed by atoms with Gasteiger partial charge in [0, 0.05) is 22.3 Å². The normalized spacial score (nSPS) is 11.9. The molecule has 0 amide bonds. The number of carbonyl (C=O) groups excluding carboxylic acids is 2. The Hall–Kier alpha value is -3.32. The molecule has 32 heavy (non-hydrogen) atoms. The van der Waals surface area contributed by atoms with Crippen LogP contribution in [0.15, 0.2) is 70.5 Å². The molecule has 8 nitrogen and oxygen atoms in total. The van der Waals surface area contributed by atoms with E-state index in [1.807, 2.05) is 0 Å². The molecule has 12 heteroatoms. The summed E-state index contributed by atoms with van der Waals surface area (Å²) in [6.45, 7) is 0. The van der Waals surface area contributed by atoms with Crippen molar-refractivity contribution in [1.82, 2.24) is 0 Å². The molecule has 0 bridgehead atoms. The topological polar surface area (TPSA) is 143 Å². The minimum atomic E-state index is -4.93. The number of carbonyl (C=O) groups is 2. The van der Waals surface area contributed by atoms with Crippen LogP contribution < -0.4 is 0 Å². The van der Waals surface area contributed by atoms with Crippen LogP contribution in [-0.4, -0.2) is 37.5 Å². The molecule has 0 aliphatic rings. The lowest BCUT2D eigenvalue weighted by Crippen LogP contribution is -2.09. The van der Waals surface area contributed by atoms with Gasteiger partial charge in [-0.1, -0.05) is 18.2 Å². The fourth-order valence-corrected chi connectivity index (χ4v) is 4.00. The molecule has 0 aliphatic carbocycles. The van der Waals surface area contributed by atoms with E-state index in [1.165, 1.54) is 18.2 Å². The lowest BCUT2D eigenvalue weighted by atomic mass is 9.97. The summed E-state index contributed by atoms with van der Waals surface area (Å²) >= 11 is 0. The van der Waals surface area contributed by atoms with Crippen LogP contribution in [0.25, 0.3) is 0 Å². The van der Waals surface area contributed by atoms with Crippen molar-refractivity contribution in [1.29, 1.82) is 0 Å². The van der Waals surface area contributed by atoms with Crippen molar-refractivity contribution in [2.24, 2.45) is 0 Å². The van der Waals surface area contributed by atoms with Crippen molar-refractivity contribution >= 4 is 31.8 Å². The van der Waals surface area contributed by atoms with Crippen LogP contribution in [0.5, 0.6) is 0 Å². The van der Waals surface area contributed by atoms with Gasteiger partial charge in [0.25, 0.3) is 20.2 Å². The van der Waals surface area contributed by atoms with Crippen LogP contribution >= 0.6 is 0 Å². The van der Waals surface area contributed by atoms with Gasteiger partial charge in [0.1, 0.15) is 21.4 Å². The fourth-order valence-electron chi connectivity index (χ4n) is 2.82. The number of rotatable bonds is 6. The smallest absolute Gasteiger partial charge is 0.289 e. The van der Waals surface area contributed by atoms with Crippen LogP contribution in [0.4, 0.5) is 8.78 Å². The van der Waals surface area contributed by atoms with Crippen molar-refractivity contribution in [3.63, 3.8) is 0 Å². The minimum Gasteiger partial charge on any atom is -0.289 e. The van der Waals surface area contributed by atoms with Crippen molar-refractivity contribution in [2.45, 2.75) is 9.79 Å². The van der Waals surface area contributed by atoms with Gasteiger partial charge < -0.3 is 0 Å². The summed E-state index contributed by atoms with van der Waals surface area (Å²) in [7, 11) is -9.86. The van der Waals surface area contributed by atoms with Gasteiger partial charge in [-0.25, -0.2) is 8.78 Å². The highest BCUT2D eigenvalue weighted by Crippen LogP contribution is 2.22. The molecule has 0 heterocycles. The second-order valence-corrected chi connectivity index (χ2v) is 9.26. The molecule has 166 valence electrons. The summed E-state index contributed by atoms with van der Waals surface area (Å²) in [6.07, 6.45) is 0. The van der Waals surface area contributed by atoms with E-state index < -0.39 is 53.2 Å². The molecule has 0 saturated carbocycles. The fraction of sp³-hybridized carbons (Fsp3) is 0. The maximum atomic E-state index is 13.7. The first-order valence-electron chi connectivity index (χ1n) is 8.52. The Morgan fingerprint density at radius 2 is 0.938 bits per heavy atom. The SMILES string of the molecule is O=C(c1cccc(C(=O)c2ccc(F)c(S(=O)(=O)O)c2)c1)c1ccc(F)c(S(=O)(=O)O)c1. The maximum absolute atomic E-state index is 13.7. The maximum Gasteiger partial charge on any atom is 0.297 e. The Morgan fingerprint density at radius 3 is 1.28 bits per heavy atom. The van der Waals surface area contributed by atoms with Crippen molar-refractivity contribution in [3.05, 3.63) is 94.6 Å². The van der Waals surface area contributed by atoms with E-state index in [4.69, 9.17) is 9.11 Å². The molecule has 0 radical (unpaired) electrons. The molecule has 3 aromatic rings. The third-order valence-corrected chi connectivity index (χ3v) is 6.07. The lowest BCUT2D eigenvalue weighted by Gasteiger charge is -2.07. The van der Waals surface area contributed by atoms with Crippen molar-refractivity contribution in [2.75, 3.05) is 0 Å². The highest BCUT2D eigenvalue weighted by atomic mass is 32.2. The molecule has 0 saturated heterocycles. The predicted octanol–water partition coefficient (Wildman–Crippen LogP) is 2.92. The zero-order valence-electron chi connectivity index (χ0n) is 15.7. The monoisotopic (exact) mass is 482 g/mol. The van der Waals surface area contributed by atoms with Gasteiger partial charge in [-0.15, -0.1) is 0 Å². The first-order valence-corrected chi connectivity index (χ1v) is 11.4. The highest BCUT2D eigenvalue weighted by molar-refractivity contribution is 7.86. The van der Waals surface area contributed by atoms with Gasteiger partial charge in [0.2, 0.25) is 0 Å². The zero-order valence-corrected chi connectivity index (χ0v) is 17.3. The van der Waals surface area contributed by atoms with E-state index in [1.54, 1.807) is 0 Å². The van der Waals surface area contributed by atoms with E-state index in [0.29, 0.717) is 24.3 Å². The number of ketones is 2. The minimum absolute atomic E-state index is 0.110. The number of hydrogen-bond acceptors (Lipinski definition) is 6. The van der Waals surface area contributed by atoms with E-state index in [9.17, 15) is 35.2 Å². The summed E-state index contributed by atoms with van der Waals surface area (Å²) in [6, 6.07) is 9.59. The number of halogens is 2. The van der Waals surface area contributed by atoms with Crippen molar-refractivity contribution < 1.29 is 44.3 Å². The third kappa shape index (κ3) is 4.78. The molecule has 0 unspecified atom stereocenters. The predicted molar refractivity (Wildman–Crippen MR) is 106 cm³/mol. The molecule has 3 rings (SSSR count). The van der Waals surface area contributed by atoms with Gasteiger partial charge in [-0.05, 0) is 42.5 Å². The van der Waals surface area contributed by atoms with E-state index in [-0.39, 0.29) is 22.3 Å². The van der Waals surface area contributed by atoms with Gasteiger partial charge in [-0.2, -0.15) is 16.8 Å². The van der Waals surface area contributed by atoms with Crippen molar-refractivity contribution in [3.8, 4) is 0 Å². The molecule has 3 aromatic carbocycles. The standard InChI is InChI=1S/C20H12F2O8S2/c21-15-6-4-13(9-17(15)31(25,26)27)19(23)11-2-1-3-12(8-11)20(24)14-5-7-16(22)18(10-14)32(28,29)30/h1-10H,(H,25,26,27)(H,28,29,30). The molecular formula is C20H12F2O8S2. The molecule has 0 spiro atoms. The highest BCUT2D eigenvalue weighted by Gasteiger charge is 2.22. The van der Waals surface area contributed by atoms with Crippen LogP contribution in [0.3, 0.4) is 0 Å². The summed E-state index contributed by atoms with van der Waals surface area (Å²) in [4.78, 5) is 23.2. The molecule has 0 atom stereocenters. The first-order chi connectivity index (χ1) is 14.8. The summed E-state index contributed by atoms with van der Waals surface area (Å²) in [5.41, 5.74) is -0.806. The second kappa shape index (κ2) is 8.31. The Balaban J connectivity index is 2.01. The second-order valence-electron chi connectivity index (χ2n) is 6.48.